The Morgan fingerprint density at radius 2 is 2.19 bits per heavy atom. The van der Waals surface area contributed by atoms with Gasteiger partial charge in [0.25, 0.3) is 0 Å². The summed E-state index contributed by atoms with van der Waals surface area (Å²) in [5.74, 6) is 0.558. The smallest absolute Gasteiger partial charge is 0.170 e. The predicted octanol–water partition coefficient (Wildman–Crippen LogP) is 4.04. The second-order valence-electron chi connectivity index (χ2n) is 3.85. The van der Waals surface area contributed by atoms with Crippen molar-refractivity contribution >= 4 is 50.5 Å². The van der Waals surface area contributed by atoms with Crippen molar-refractivity contribution in [2.24, 2.45) is 5.92 Å². The molecule has 0 radical (unpaired) electrons. The summed E-state index contributed by atoms with van der Waals surface area (Å²) in [6.45, 7) is 5.11. The van der Waals surface area contributed by atoms with Gasteiger partial charge in [0.15, 0.2) is 5.11 Å². The Balaban J connectivity index is 2.59. The van der Waals surface area contributed by atoms with Crippen LogP contribution in [0.5, 0.6) is 0 Å². The van der Waals surface area contributed by atoms with Gasteiger partial charge in [-0.15, -0.1) is 0 Å². The molecule has 1 aromatic carbocycles. The summed E-state index contributed by atoms with van der Waals surface area (Å²) in [4.78, 5) is 0. The van der Waals surface area contributed by atoms with E-state index in [0.29, 0.717) is 16.1 Å². The minimum atomic E-state index is 0.558. The molecule has 0 saturated heterocycles. The van der Waals surface area contributed by atoms with Crippen LogP contribution >= 0.6 is 39.7 Å². The molecule has 0 aliphatic heterocycles. The van der Waals surface area contributed by atoms with E-state index in [-0.39, 0.29) is 0 Å². The first-order valence-electron chi connectivity index (χ1n) is 4.99. The second kappa shape index (κ2) is 6.42. The van der Waals surface area contributed by atoms with Crippen LogP contribution < -0.4 is 10.6 Å². The highest BCUT2D eigenvalue weighted by molar-refractivity contribution is 9.10. The lowest BCUT2D eigenvalue weighted by molar-refractivity contribution is 0.627. The highest BCUT2D eigenvalue weighted by Crippen LogP contribution is 2.25. The molecule has 0 aliphatic rings. The zero-order chi connectivity index (χ0) is 12.1. The molecule has 1 aromatic rings. The predicted molar refractivity (Wildman–Crippen MR) is 78.2 cm³/mol. The first-order valence-corrected chi connectivity index (χ1v) is 6.57. The van der Waals surface area contributed by atoms with Gasteiger partial charge in [-0.3, -0.25) is 0 Å². The van der Waals surface area contributed by atoms with Crippen LogP contribution in [0, 0.1) is 5.92 Å². The highest BCUT2D eigenvalue weighted by Gasteiger charge is 2.03. The van der Waals surface area contributed by atoms with Crippen molar-refractivity contribution < 1.29 is 0 Å². The van der Waals surface area contributed by atoms with E-state index in [4.69, 9.17) is 23.8 Å². The zero-order valence-electron chi connectivity index (χ0n) is 9.18. The van der Waals surface area contributed by atoms with Crippen LogP contribution in [0.1, 0.15) is 13.8 Å². The standard InChI is InChI=1S/C11H14BrClN2S/c1-7(2)6-14-11(16)15-10-5-8(13)3-4-9(10)12/h3-5,7H,6H2,1-2H3,(H2,14,15,16). The number of hydrogen-bond donors (Lipinski definition) is 2. The quantitative estimate of drug-likeness (QED) is 0.822. The average molecular weight is 322 g/mol. The van der Waals surface area contributed by atoms with Gasteiger partial charge < -0.3 is 10.6 Å². The van der Waals surface area contributed by atoms with Gasteiger partial charge in [0.2, 0.25) is 0 Å². The van der Waals surface area contributed by atoms with Gasteiger partial charge in [0, 0.05) is 16.0 Å². The van der Waals surface area contributed by atoms with Crippen LogP contribution in [-0.2, 0) is 0 Å². The Hall–Kier alpha value is -0.320. The molecule has 0 bridgehead atoms. The third-order valence-corrected chi connectivity index (χ3v) is 3.02. The molecule has 0 aromatic heterocycles. The summed E-state index contributed by atoms with van der Waals surface area (Å²) in [5.41, 5.74) is 0.869. The van der Waals surface area contributed by atoms with Gasteiger partial charge >= 0.3 is 0 Å². The molecular formula is C11H14BrClN2S. The molecule has 0 unspecified atom stereocenters. The van der Waals surface area contributed by atoms with E-state index >= 15 is 0 Å². The molecule has 0 amide bonds. The zero-order valence-corrected chi connectivity index (χ0v) is 12.3. The van der Waals surface area contributed by atoms with Crippen LogP contribution in [0.4, 0.5) is 5.69 Å². The van der Waals surface area contributed by atoms with Gasteiger partial charge in [-0.25, -0.2) is 0 Å². The van der Waals surface area contributed by atoms with Crippen molar-refractivity contribution in [2.75, 3.05) is 11.9 Å². The third kappa shape index (κ3) is 4.68. The Bertz CT molecular complexity index is 382. The monoisotopic (exact) mass is 320 g/mol. The average Bonchev–Trinajstić information content (AvgIpc) is 2.20. The fraction of sp³-hybridized carbons (Fsp3) is 0.364. The maximum atomic E-state index is 5.90. The lowest BCUT2D eigenvalue weighted by Crippen LogP contribution is -2.31. The molecule has 0 fully saturated rings. The maximum Gasteiger partial charge on any atom is 0.170 e. The van der Waals surface area contributed by atoms with Crippen molar-refractivity contribution in [1.82, 2.24) is 5.32 Å². The maximum absolute atomic E-state index is 5.90. The molecule has 0 atom stereocenters. The van der Waals surface area contributed by atoms with Crippen LogP contribution in [0.3, 0.4) is 0 Å². The lowest BCUT2D eigenvalue weighted by Gasteiger charge is -2.13. The molecule has 16 heavy (non-hydrogen) atoms. The molecule has 88 valence electrons. The van der Waals surface area contributed by atoms with E-state index in [0.717, 1.165) is 16.7 Å². The SMILES string of the molecule is CC(C)CNC(=S)Nc1cc(Cl)ccc1Br. The summed E-state index contributed by atoms with van der Waals surface area (Å²) in [7, 11) is 0. The summed E-state index contributed by atoms with van der Waals surface area (Å²) < 4.78 is 0.936. The molecule has 5 heteroatoms. The first-order chi connectivity index (χ1) is 7.49. The van der Waals surface area contributed by atoms with Crippen molar-refractivity contribution in [2.45, 2.75) is 13.8 Å². The number of nitrogens with one attached hydrogen (secondary N) is 2. The Kier molecular flexibility index (Phi) is 5.52. The molecule has 0 spiro atoms. The summed E-state index contributed by atoms with van der Waals surface area (Å²) >= 11 is 14.5. The first kappa shape index (κ1) is 13.7. The highest BCUT2D eigenvalue weighted by atomic mass is 79.9. The molecule has 0 aliphatic carbocycles. The molecular weight excluding hydrogens is 308 g/mol. The Morgan fingerprint density at radius 3 is 2.81 bits per heavy atom. The number of halogens is 2. The third-order valence-electron chi connectivity index (χ3n) is 1.85. The molecule has 0 saturated carbocycles. The van der Waals surface area contributed by atoms with E-state index in [1.165, 1.54) is 0 Å². The van der Waals surface area contributed by atoms with Gasteiger partial charge in [0.05, 0.1) is 5.69 Å². The van der Waals surface area contributed by atoms with Crippen molar-refractivity contribution in [3.05, 3.63) is 27.7 Å². The van der Waals surface area contributed by atoms with Crippen LogP contribution in [0.2, 0.25) is 5.02 Å². The van der Waals surface area contributed by atoms with Crippen LogP contribution in [0.25, 0.3) is 0 Å². The summed E-state index contributed by atoms with van der Waals surface area (Å²) in [5, 5.41) is 7.52. The summed E-state index contributed by atoms with van der Waals surface area (Å²) in [6.07, 6.45) is 0. The molecule has 1 rings (SSSR count). The number of hydrogen-bond acceptors (Lipinski definition) is 1. The van der Waals surface area contributed by atoms with E-state index in [2.05, 4.69) is 40.4 Å². The minimum absolute atomic E-state index is 0.558. The number of rotatable bonds is 3. The van der Waals surface area contributed by atoms with Gasteiger partial charge in [-0.2, -0.15) is 0 Å². The van der Waals surface area contributed by atoms with Gasteiger partial charge in [-0.1, -0.05) is 25.4 Å². The van der Waals surface area contributed by atoms with E-state index in [1.54, 1.807) is 0 Å². The van der Waals surface area contributed by atoms with E-state index in [9.17, 15) is 0 Å². The normalized spacial score (nSPS) is 10.3. The Morgan fingerprint density at radius 1 is 1.50 bits per heavy atom. The van der Waals surface area contributed by atoms with Gasteiger partial charge in [-0.05, 0) is 52.3 Å². The molecule has 2 N–H and O–H groups in total. The fourth-order valence-electron chi connectivity index (χ4n) is 1.06. The van der Waals surface area contributed by atoms with Gasteiger partial charge in [0.1, 0.15) is 0 Å². The Labute approximate surface area is 115 Å². The lowest BCUT2D eigenvalue weighted by atomic mass is 10.2. The van der Waals surface area contributed by atoms with E-state index < -0.39 is 0 Å². The number of anilines is 1. The topological polar surface area (TPSA) is 24.1 Å². The summed E-state index contributed by atoms with van der Waals surface area (Å²) in [6, 6.07) is 5.53. The second-order valence-corrected chi connectivity index (χ2v) is 5.55. The van der Waals surface area contributed by atoms with Crippen LogP contribution in [-0.4, -0.2) is 11.7 Å². The number of benzene rings is 1. The largest absolute Gasteiger partial charge is 0.362 e. The molecule has 2 nitrogen and oxygen atoms in total. The van der Waals surface area contributed by atoms with Crippen molar-refractivity contribution in [3.63, 3.8) is 0 Å². The molecule has 0 heterocycles. The van der Waals surface area contributed by atoms with Crippen molar-refractivity contribution in [1.29, 1.82) is 0 Å². The van der Waals surface area contributed by atoms with Crippen LogP contribution in [0.15, 0.2) is 22.7 Å². The number of thiocarbonyl (C=S) groups is 1. The van der Waals surface area contributed by atoms with E-state index in [1.807, 2.05) is 18.2 Å². The van der Waals surface area contributed by atoms with Crippen molar-refractivity contribution in [3.8, 4) is 0 Å². The minimum Gasteiger partial charge on any atom is -0.362 e. The fourth-order valence-corrected chi connectivity index (χ4v) is 1.77.